The van der Waals surface area contributed by atoms with Crippen LogP contribution in [-0.2, 0) is 14.6 Å². The number of aliphatic carboxylic acids is 1. The first-order valence-electron chi connectivity index (χ1n) is 4.11. The number of rotatable bonds is 6. The number of carboxylic acid groups (broad SMARTS) is 1. The topological polar surface area (TPSA) is 83.5 Å². The van der Waals surface area contributed by atoms with Gasteiger partial charge in [0.15, 0.2) is 0 Å². The average molecular weight is 221 g/mol. The molecule has 6 heteroatoms. The van der Waals surface area contributed by atoms with Crippen LogP contribution < -0.4 is 5.32 Å². The molecule has 0 saturated carbocycles. The van der Waals surface area contributed by atoms with Crippen LogP contribution in [0.4, 0.5) is 0 Å². The fraction of sp³-hybridized carbons (Fsp3) is 0.625. The van der Waals surface area contributed by atoms with Crippen LogP contribution in [0.2, 0.25) is 0 Å². The van der Waals surface area contributed by atoms with Crippen LogP contribution in [0.15, 0.2) is 11.6 Å². The van der Waals surface area contributed by atoms with E-state index in [0.29, 0.717) is 13.1 Å². The summed E-state index contributed by atoms with van der Waals surface area (Å²) in [5.41, 5.74) is 0.247. The van der Waals surface area contributed by atoms with Crippen molar-refractivity contribution in [2.45, 2.75) is 6.92 Å². The lowest BCUT2D eigenvalue weighted by Crippen LogP contribution is -2.22. The smallest absolute Gasteiger partial charge is 0.330 e. The number of nitrogens with one attached hydrogen (secondary N) is 1. The Bertz CT molecular complexity index is 318. The Labute approximate surface area is 83.7 Å². The van der Waals surface area contributed by atoms with E-state index in [1.54, 1.807) is 0 Å². The van der Waals surface area contributed by atoms with E-state index < -0.39 is 15.8 Å². The van der Waals surface area contributed by atoms with Gasteiger partial charge in [-0.3, -0.25) is 0 Å². The van der Waals surface area contributed by atoms with Crippen LogP contribution in [0.3, 0.4) is 0 Å². The fourth-order valence-corrected chi connectivity index (χ4v) is 1.19. The minimum atomic E-state index is -2.94. The van der Waals surface area contributed by atoms with E-state index in [-0.39, 0.29) is 11.3 Å². The number of carbonyl (C=O) groups is 1. The quantitative estimate of drug-likeness (QED) is 0.473. The second-order valence-corrected chi connectivity index (χ2v) is 5.29. The Hall–Kier alpha value is -0.880. The molecule has 0 fully saturated rings. The molecular weight excluding hydrogens is 206 g/mol. The summed E-state index contributed by atoms with van der Waals surface area (Å²) in [4.78, 5) is 10.3. The van der Waals surface area contributed by atoms with Crippen LogP contribution in [-0.4, -0.2) is 44.6 Å². The van der Waals surface area contributed by atoms with Crippen LogP contribution in [0.25, 0.3) is 0 Å². The summed E-state index contributed by atoms with van der Waals surface area (Å²) in [5.74, 6) is -0.901. The van der Waals surface area contributed by atoms with Gasteiger partial charge in [-0.25, -0.2) is 13.2 Å². The van der Waals surface area contributed by atoms with Gasteiger partial charge in [0, 0.05) is 24.9 Å². The molecule has 82 valence electrons. The number of hydrogen-bond acceptors (Lipinski definition) is 4. The van der Waals surface area contributed by atoms with Crippen LogP contribution in [0.5, 0.6) is 0 Å². The first-order valence-corrected chi connectivity index (χ1v) is 6.17. The van der Waals surface area contributed by atoms with Crippen molar-refractivity contribution in [3.05, 3.63) is 11.6 Å². The Balaban J connectivity index is 3.67. The second kappa shape index (κ2) is 5.77. The highest BCUT2D eigenvalue weighted by Crippen LogP contribution is 1.89. The predicted octanol–water partition coefficient (Wildman–Crippen LogP) is -0.348. The summed E-state index contributed by atoms with van der Waals surface area (Å²) in [6.45, 7) is 2.19. The summed E-state index contributed by atoms with van der Waals surface area (Å²) < 4.78 is 21.4. The summed E-state index contributed by atoms with van der Waals surface area (Å²) >= 11 is 0. The van der Waals surface area contributed by atoms with Crippen LogP contribution in [0, 0.1) is 0 Å². The lowest BCUT2D eigenvalue weighted by molar-refractivity contribution is -0.132. The minimum Gasteiger partial charge on any atom is -0.478 e. The van der Waals surface area contributed by atoms with E-state index in [0.717, 1.165) is 6.26 Å². The van der Waals surface area contributed by atoms with Gasteiger partial charge in [-0.05, 0) is 6.92 Å². The Morgan fingerprint density at radius 1 is 1.50 bits per heavy atom. The first-order chi connectivity index (χ1) is 6.33. The van der Waals surface area contributed by atoms with Gasteiger partial charge in [0.1, 0.15) is 9.84 Å². The molecular formula is C8H15NO4S. The maximum absolute atomic E-state index is 10.7. The van der Waals surface area contributed by atoms with Gasteiger partial charge in [-0.1, -0.05) is 6.08 Å². The number of hydrogen-bond donors (Lipinski definition) is 2. The lowest BCUT2D eigenvalue weighted by Gasteiger charge is -2.00. The third-order valence-electron chi connectivity index (χ3n) is 1.54. The Morgan fingerprint density at radius 2 is 2.07 bits per heavy atom. The third kappa shape index (κ3) is 7.75. The van der Waals surface area contributed by atoms with Crippen molar-refractivity contribution in [1.82, 2.24) is 5.32 Å². The summed E-state index contributed by atoms with van der Waals surface area (Å²) in [6, 6.07) is 0. The first kappa shape index (κ1) is 13.1. The average Bonchev–Trinajstić information content (AvgIpc) is 2.01. The standard InChI is InChI=1S/C8H15NO4S/c1-7(8(10)11)3-4-9-5-6-14(2,12)13/h3,9H,4-6H2,1-2H3,(H,10,11). The van der Waals surface area contributed by atoms with E-state index >= 15 is 0 Å². The molecule has 0 saturated heterocycles. The predicted molar refractivity (Wildman–Crippen MR) is 54.0 cm³/mol. The zero-order chi connectivity index (χ0) is 11.2. The summed E-state index contributed by atoms with van der Waals surface area (Å²) in [6.07, 6.45) is 2.66. The summed E-state index contributed by atoms with van der Waals surface area (Å²) in [5, 5.41) is 11.3. The molecule has 0 atom stereocenters. The zero-order valence-corrected chi connectivity index (χ0v) is 9.10. The van der Waals surface area contributed by atoms with Crippen molar-refractivity contribution in [2.75, 3.05) is 25.1 Å². The molecule has 0 aliphatic heterocycles. The molecule has 0 heterocycles. The molecule has 0 aliphatic rings. The normalized spacial score (nSPS) is 12.9. The molecule has 0 aliphatic carbocycles. The van der Waals surface area contributed by atoms with Crippen molar-refractivity contribution in [2.24, 2.45) is 0 Å². The largest absolute Gasteiger partial charge is 0.478 e. The van der Waals surface area contributed by atoms with Gasteiger partial charge in [-0.2, -0.15) is 0 Å². The van der Waals surface area contributed by atoms with E-state index in [4.69, 9.17) is 5.11 Å². The van der Waals surface area contributed by atoms with E-state index in [1.165, 1.54) is 13.0 Å². The SMILES string of the molecule is CC(=CCNCCS(C)(=O)=O)C(=O)O. The lowest BCUT2D eigenvalue weighted by atomic mass is 10.3. The van der Waals surface area contributed by atoms with Gasteiger partial charge < -0.3 is 10.4 Å². The Kier molecular flexibility index (Phi) is 5.40. The Morgan fingerprint density at radius 3 is 2.50 bits per heavy atom. The zero-order valence-electron chi connectivity index (χ0n) is 8.28. The van der Waals surface area contributed by atoms with Gasteiger partial charge >= 0.3 is 5.97 Å². The van der Waals surface area contributed by atoms with E-state index in [1.807, 2.05) is 0 Å². The number of sulfone groups is 1. The molecule has 0 rings (SSSR count). The van der Waals surface area contributed by atoms with Crippen molar-refractivity contribution in [1.29, 1.82) is 0 Å². The van der Waals surface area contributed by atoms with Gasteiger partial charge in [0.2, 0.25) is 0 Å². The molecule has 0 bridgehead atoms. The molecule has 0 aromatic rings. The third-order valence-corrected chi connectivity index (χ3v) is 2.49. The molecule has 0 aromatic heterocycles. The van der Waals surface area contributed by atoms with E-state index in [9.17, 15) is 13.2 Å². The van der Waals surface area contributed by atoms with Crippen LogP contribution >= 0.6 is 0 Å². The monoisotopic (exact) mass is 221 g/mol. The molecule has 0 unspecified atom stereocenters. The highest BCUT2D eigenvalue weighted by molar-refractivity contribution is 7.90. The molecule has 2 N–H and O–H groups in total. The van der Waals surface area contributed by atoms with Crippen molar-refractivity contribution in [3.8, 4) is 0 Å². The molecule has 0 amide bonds. The van der Waals surface area contributed by atoms with Crippen molar-refractivity contribution >= 4 is 15.8 Å². The van der Waals surface area contributed by atoms with Gasteiger partial charge in [0.05, 0.1) is 5.75 Å². The summed E-state index contributed by atoms with van der Waals surface area (Å²) in [7, 11) is -2.94. The highest BCUT2D eigenvalue weighted by Gasteiger charge is 2.00. The molecule has 0 spiro atoms. The van der Waals surface area contributed by atoms with Crippen molar-refractivity contribution in [3.63, 3.8) is 0 Å². The molecule has 14 heavy (non-hydrogen) atoms. The van der Waals surface area contributed by atoms with E-state index in [2.05, 4.69) is 5.32 Å². The fourth-order valence-electron chi connectivity index (χ4n) is 0.672. The van der Waals surface area contributed by atoms with Gasteiger partial charge in [-0.15, -0.1) is 0 Å². The maximum atomic E-state index is 10.7. The minimum absolute atomic E-state index is 0.0625. The second-order valence-electron chi connectivity index (χ2n) is 3.03. The maximum Gasteiger partial charge on any atom is 0.330 e. The van der Waals surface area contributed by atoms with Gasteiger partial charge in [0.25, 0.3) is 0 Å². The number of carboxylic acids is 1. The molecule has 0 radical (unpaired) electrons. The highest BCUT2D eigenvalue weighted by atomic mass is 32.2. The van der Waals surface area contributed by atoms with Crippen molar-refractivity contribution < 1.29 is 18.3 Å². The van der Waals surface area contributed by atoms with Crippen LogP contribution in [0.1, 0.15) is 6.92 Å². The molecule has 0 aromatic carbocycles. The molecule has 5 nitrogen and oxygen atoms in total.